The minimum absolute atomic E-state index is 0.147. The van der Waals surface area contributed by atoms with Crippen molar-refractivity contribution in [3.05, 3.63) is 60.2 Å². The molecule has 29 heavy (non-hydrogen) atoms. The number of amides is 4. The minimum Gasteiger partial charge on any atom is -0.338 e. The number of carbonyl (C=O) groups is 2. The molecular weight excluding hydrogens is 368 g/mol. The quantitative estimate of drug-likeness (QED) is 0.410. The first kappa shape index (κ1) is 22.1. The molecule has 0 aromatic carbocycles. The van der Waals surface area contributed by atoms with Crippen LogP contribution >= 0.6 is 0 Å². The Kier molecular flexibility index (Phi) is 10.6. The second-order valence-electron chi connectivity index (χ2n) is 6.64. The zero-order valence-electron chi connectivity index (χ0n) is 16.7. The molecule has 4 amide bonds. The molecule has 4 N–H and O–H groups in total. The molecule has 0 saturated carbocycles. The summed E-state index contributed by atoms with van der Waals surface area (Å²) in [7, 11) is 0. The summed E-state index contributed by atoms with van der Waals surface area (Å²) in [4.78, 5) is 31.4. The van der Waals surface area contributed by atoms with E-state index < -0.39 is 0 Å². The number of urea groups is 2. The standard InChI is InChI=1S/C21H30N6O2/c28-20(26-16-8-18-4-12-22-13-5-18)24-10-2-1-3-11-25-21(29)27-17-9-19-6-14-23-15-7-19/h4-7,12-15H,1-3,8-11,16-17H2,(H2,24,26,28)(H2,25,27,29). The molecular formula is C21H30N6O2. The minimum atomic E-state index is -0.147. The van der Waals surface area contributed by atoms with Crippen molar-refractivity contribution in [2.24, 2.45) is 0 Å². The maximum atomic E-state index is 11.7. The van der Waals surface area contributed by atoms with E-state index in [-0.39, 0.29) is 12.1 Å². The summed E-state index contributed by atoms with van der Waals surface area (Å²) < 4.78 is 0. The van der Waals surface area contributed by atoms with Crippen LogP contribution in [0, 0.1) is 0 Å². The zero-order valence-corrected chi connectivity index (χ0v) is 16.7. The Labute approximate surface area is 171 Å². The van der Waals surface area contributed by atoms with E-state index in [9.17, 15) is 9.59 Å². The fourth-order valence-corrected chi connectivity index (χ4v) is 2.70. The lowest BCUT2D eigenvalue weighted by Gasteiger charge is -2.09. The Morgan fingerprint density at radius 2 is 0.966 bits per heavy atom. The first-order valence-electron chi connectivity index (χ1n) is 10.1. The van der Waals surface area contributed by atoms with Crippen LogP contribution in [0.25, 0.3) is 0 Å². The number of hydrogen-bond acceptors (Lipinski definition) is 4. The fourth-order valence-electron chi connectivity index (χ4n) is 2.70. The van der Waals surface area contributed by atoms with Gasteiger partial charge in [0.15, 0.2) is 0 Å². The summed E-state index contributed by atoms with van der Waals surface area (Å²) in [5.74, 6) is 0. The van der Waals surface area contributed by atoms with E-state index in [0.29, 0.717) is 26.2 Å². The van der Waals surface area contributed by atoms with E-state index in [1.807, 2.05) is 24.3 Å². The Balaban J connectivity index is 1.37. The lowest BCUT2D eigenvalue weighted by molar-refractivity contribution is 0.240. The van der Waals surface area contributed by atoms with Crippen LogP contribution in [0.2, 0.25) is 0 Å². The Hall–Kier alpha value is -3.16. The molecule has 2 aromatic heterocycles. The largest absolute Gasteiger partial charge is 0.338 e. The highest BCUT2D eigenvalue weighted by Gasteiger charge is 2.01. The monoisotopic (exact) mass is 398 g/mol. The Bertz CT molecular complexity index is 650. The van der Waals surface area contributed by atoms with Gasteiger partial charge >= 0.3 is 12.1 Å². The van der Waals surface area contributed by atoms with Crippen molar-refractivity contribution in [3.63, 3.8) is 0 Å². The van der Waals surface area contributed by atoms with Gasteiger partial charge in [-0.1, -0.05) is 0 Å². The van der Waals surface area contributed by atoms with Crippen LogP contribution in [-0.4, -0.2) is 48.2 Å². The van der Waals surface area contributed by atoms with Crippen molar-refractivity contribution in [3.8, 4) is 0 Å². The number of carbonyl (C=O) groups excluding carboxylic acids is 2. The second-order valence-corrected chi connectivity index (χ2v) is 6.64. The summed E-state index contributed by atoms with van der Waals surface area (Å²) in [6.07, 6.45) is 11.2. The first-order chi connectivity index (χ1) is 14.2. The van der Waals surface area contributed by atoms with Crippen molar-refractivity contribution >= 4 is 12.1 Å². The average Bonchev–Trinajstić information content (AvgIpc) is 2.74. The van der Waals surface area contributed by atoms with Gasteiger partial charge in [0.25, 0.3) is 0 Å². The van der Waals surface area contributed by atoms with E-state index >= 15 is 0 Å². The molecule has 2 rings (SSSR count). The molecule has 8 nitrogen and oxygen atoms in total. The third-order valence-corrected chi connectivity index (χ3v) is 4.32. The topological polar surface area (TPSA) is 108 Å². The van der Waals surface area contributed by atoms with E-state index in [1.54, 1.807) is 24.8 Å². The summed E-state index contributed by atoms with van der Waals surface area (Å²) in [5.41, 5.74) is 2.29. The molecule has 0 saturated heterocycles. The average molecular weight is 399 g/mol. The van der Waals surface area contributed by atoms with Gasteiger partial charge in [0.1, 0.15) is 0 Å². The van der Waals surface area contributed by atoms with Crippen LogP contribution in [-0.2, 0) is 12.8 Å². The normalized spacial score (nSPS) is 10.2. The van der Waals surface area contributed by atoms with Gasteiger partial charge in [0.05, 0.1) is 0 Å². The number of nitrogens with zero attached hydrogens (tertiary/aromatic N) is 2. The highest BCUT2D eigenvalue weighted by atomic mass is 16.2. The molecule has 2 aromatic rings. The number of unbranched alkanes of at least 4 members (excludes halogenated alkanes) is 2. The highest BCUT2D eigenvalue weighted by molar-refractivity contribution is 5.74. The zero-order chi connectivity index (χ0) is 20.6. The van der Waals surface area contributed by atoms with Crippen LogP contribution in [0.4, 0.5) is 9.59 Å². The van der Waals surface area contributed by atoms with Crippen LogP contribution in [0.3, 0.4) is 0 Å². The van der Waals surface area contributed by atoms with Gasteiger partial charge in [0, 0.05) is 51.0 Å². The molecule has 0 radical (unpaired) electrons. The van der Waals surface area contributed by atoms with Crippen LogP contribution in [0.5, 0.6) is 0 Å². The van der Waals surface area contributed by atoms with E-state index in [1.165, 1.54) is 0 Å². The van der Waals surface area contributed by atoms with E-state index in [2.05, 4.69) is 31.2 Å². The Morgan fingerprint density at radius 1 is 0.586 bits per heavy atom. The van der Waals surface area contributed by atoms with E-state index in [4.69, 9.17) is 0 Å². The third-order valence-electron chi connectivity index (χ3n) is 4.32. The molecule has 8 heteroatoms. The SMILES string of the molecule is O=C(NCCCCCNC(=O)NCCc1ccncc1)NCCc1ccncc1. The third kappa shape index (κ3) is 10.7. The summed E-state index contributed by atoms with van der Waals surface area (Å²) in [6, 6.07) is 7.46. The predicted octanol–water partition coefficient (Wildman–Crippen LogP) is 2.03. The molecule has 2 heterocycles. The number of hydrogen-bond donors (Lipinski definition) is 4. The van der Waals surface area contributed by atoms with Crippen molar-refractivity contribution in [1.82, 2.24) is 31.2 Å². The highest BCUT2D eigenvalue weighted by Crippen LogP contribution is 1.97. The van der Waals surface area contributed by atoms with Crippen molar-refractivity contribution in [2.75, 3.05) is 26.2 Å². The van der Waals surface area contributed by atoms with Gasteiger partial charge in [-0.15, -0.1) is 0 Å². The van der Waals surface area contributed by atoms with Crippen molar-refractivity contribution in [1.29, 1.82) is 0 Å². The predicted molar refractivity (Wildman–Crippen MR) is 113 cm³/mol. The Morgan fingerprint density at radius 3 is 1.38 bits per heavy atom. The lowest BCUT2D eigenvalue weighted by Crippen LogP contribution is -2.37. The fraction of sp³-hybridized carbons (Fsp3) is 0.429. The lowest BCUT2D eigenvalue weighted by atomic mass is 10.2. The van der Waals surface area contributed by atoms with E-state index in [0.717, 1.165) is 43.2 Å². The van der Waals surface area contributed by atoms with Gasteiger partial charge in [-0.05, 0) is 67.5 Å². The summed E-state index contributed by atoms with van der Waals surface area (Å²) in [5, 5.41) is 11.4. The molecule has 0 aliphatic rings. The summed E-state index contributed by atoms with van der Waals surface area (Å²) in [6.45, 7) is 2.44. The van der Waals surface area contributed by atoms with Crippen LogP contribution < -0.4 is 21.3 Å². The second kappa shape index (κ2) is 13.9. The molecule has 0 unspecified atom stereocenters. The van der Waals surface area contributed by atoms with Crippen molar-refractivity contribution in [2.45, 2.75) is 32.1 Å². The molecule has 156 valence electrons. The van der Waals surface area contributed by atoms with Gasteiger partial charge < -0.3 is 21.3 Å². The molecule has 0 spiro atoms. The van der Waals surface area contributed by atoms with Gasteiger partial charge in [-0.3, -0.25) is 9.97 Å². The van der Waals surface area contributed by atoms with Gasteiger partial charge in [0.2, 0.25) is 0 Å². The van der Waals surface area contributed by atoms with Crippen LogP contribution in [0.1, 0.15) is 30.4 Å². The molecule has 0 fully saturated rings. The van der Waals surface area contributed by atoms with Gasteiger partial charge in [-0.25, -0.2) is 9.59 Å². The maximum Gasteiger partial charge on any atom is 0.314 e. The maximum absolute atomic E-state index is 11.7. The van der Waals surface area contributed by atoms with Gasteiger partial charge in [-0.2, -0.15) is 0 Å². The molecule has 0 atom stereocenters. The molecule has 0 bridgehead atoms. The number of aromatic nitrogens is 2. The smallest absolute Gasteiger partial charge is 0.314 e. The summed E-state index contributed by atoms with van der Waals surface area (Å²) >= 11 is 0. The number of nitrogens with one attached hydrogen (secondary N) is 4. The van der Waals surface area contributed by atoms with Crippen molar-refractivity contribution < 1.29 is 9.59 Å². The number of pyridine rings is 2. The number of rotatable bonds is 12. The molecule has 0 aliphatic carbocycles. The first-order valence-corrected chi connectivity index (χ1v) is 10.1. The van der Waals surface area contributed by atoms with Crippen LogP contribution in [0.15, 0.2) is 49.1 Å². The molecule has 0 aliphatic heterocycles.